The van der Waals surface area contributed by atoms with Crippen LogP contribution in [-0.2, 0) is 4.79 Å². The molecule has 0 aromatic heterocycles. The lowest BCUT2D eigenvalue weighted by Gasteiger charge is -2.32. The quantitative estimate of drug-likeness (QED) is 0.781. The van der Waals surface area contributed by atoms with Crippen LogP contribution in [0.1, 0.15) is 25.7 Å². The zero-order chi connectivity index (χ0) is 12.3. The summed E-state index contributed by atoms with van der Waals surface area (Å²) in [6.45, 7) is 3.93. The normalized spacial score (nSPS) is 29.9. The third-order valence-corrected chi connectivity index (χ3v) is 3.88. The zero-order valence-corrected chi connectivity index (χ0v) is 11.1. The van der Waals surface area contributed by atoms with Crippen molar-refractivity contribution >= 4 is 5.91 Å². The average molecular weight is 239 g/mol. The number of nitrogens with one attached hydrogen (secondary N) is 1. The summed E-state index contributed by atoms with van der Waals surface area (Å²) in [6.07, 6.45) is 4.55. The summed E-state index contributed by atoms with van der Waals surface area (Å²) >= 11 is 0. The van der Waals surface area contributed by atoms with Crippen molar-refractivity contribution in [1.82, 2.24) is 15.1 Å². The molecule has 2 saturated heterocycles. The van der Waals surface area contributed by atoms with E-state index in [1.54, 1.807) is 0 Å². The minimum atomic E-state index is 0.228. The van der Waals surface area contributed by atoms with Crippen molar-refractivity contribution < 1.29 is 4.79 Å². The number of hydrogen-bond donors (Lipinski definition) is 1. The van der Waals surface area contributed by atoms with Gasteiger partial charge in [-0.2, -0.15) is 0 Å². The van der Waals surface area contributed by atoms with Crippen LogP contribution >= 0.6 is 0 Å². The maximum atomic E-state index is 12.5. The van der Waals surface area contributed by atoms with Crippen LogP contribution in [0.25, 0.3) is 0 Å². The molecule has 1 N–H and O–H groups in total. The molecule has 0 spiro atoms. The standard InChI is InChI=1S/C13H25N3O/c1-15(2)10-12-6-4-8-16(12)13(17)11-5-3-7-14-9-11/h11-12,14H,3-10H2,1-2H3/t11-,12?/m0/s1. The highest BCUT2D eigenvalue weighted by Gasteiger charge is 2.33. The fourth-order valence-electron chi connectivity index (χ4n) is 3.03. The Labute approximate surface area is 104 Å². The fraction of sp³-hybridized carbons (Fsp3) is 0.923. The summed E-state index contributed by atoms with van der Waals surface area (Å²) in [7, 11) is 4.17. The molecule has 2 fully saturated rings. The van der Waals surface area contributed by atoms with Crippen LogP contribution in [0, 0.1) is 5.92 Å². The van der Waals surface area contributed by atoms with Gasteiger partial charge in [0, 0.05) is 25.7 Å². The number of likely N-dealkylation sites (tertiary alicyclic amines) is 1. The largest absolute Gasteiger partial charge is 0.338 e. The van der Waals surface area contributed by atoms with Gasteiger partial charge in [-0.1, -0.05) is 0 Å². The van der Waals surface area contributed by atoms with Gasteiger partial charge in [0.25, 0.3) is 0 Å². The third kappa shape index (κ3) is 3.19. The highest BCUT2D eigenvalue weighted by Crippen LogP contribution is 2.22. The molecule has 4 nitrogen and oxygen atoms in total. The van der Waals surface area contributed by atoms with E-state index in [1.807, 2.05) is 0 Å². The van der Waals surface area contributed by atoms with Crippen LogP contribution in [0.15, 0.2) is 0 Å². The average Bonchev–Trinajstić information content (AvgIpc) is 2.76. The van der Waals surface area contributed by atoms with Crippen molar-refractivity contribution in [2.75, 3.05) is 40.3 Å². The number of hydrogen-bond acceptors (Lipinski definition) is 3. The third-order valence-electron chi connectivity index (χ3n) is 3.88. The fourth-order valence-corrected chi connectivity index (χ4v) is 3.03. The van der Waals surface area contributed by atoms with Gasteiger partial charge in [0.15, 0.2) is 0 Å². The van der Waals surface area contributed by atoms with Crippen LogP contribution in [0.2, 0.25) is 0 Å². The second-order valence-corrected chi connectivity index (χ2v) is 5.63. The summed E-state index contributed by atoms with van der Waals surface area (Å²) in [4.78, 5) is 16.8. The second kappa shape index (κ2) is 5.83. The predicted octanol–water partition coefficient (Wildman–Crippen LogP) is 0.539. The van der Waals surface area contributed by atoms with E-state index in [2.05, 4.69) is 29.2 Å². The smallest absolute Gasteiger partial charge is 0.227 e. The van der Waals surface area contributed by atoms with Crippen molar-refractivity contribution in [3.05, 3.63) is 0 Å². The minimum absolute atomic E-state index is 0.228. The molecule has 2 heterocycles. The van der Waals surface area contributed by atoms with Crippen LogP contribution < -0.4 is 5.32 Å². The summed E-state index contributed by atoms with van der Waals surface area (Å²) in [5.74, 6) is 0.619. The molecule has 0 aliphatic carbocycles. The van der Waals surface area contributed by atoms with Gasteiger partial charge < -0.3 is 15.1 Å². The maximum Gasteiger partial charge on any atom is 0.227 e. The highest BCUT2D eigenvalue weighted by atomic mass is 16.2. The lowest BCUT2D eigenvalue weighted by Crippen LogP contribution is -2.47. The molecule has 98 valence electrons. The van der Waals surface area contributed by atoms with Gasteiger partial charge in [0.1, 0.15) is 0 Å². The Bertz CT molecular complexity index is 261. The molecule has 0 aromatic carbocycles. The summed E-state index contributed by atoms with van der Waals surface area (Å²) in [5, 5.41) is 3.34. The predicted molar refractivity (Wildman–Crippen MR) is 68.9 cm³/mol. The van der Waals surface area contributed by atoms with E-state index in [4.69, 9.17) is 0 Å². The first-order valence-electron chi connectivity index (χ1n) is 6.84. The molecule has 0 radical (unpaired) electrons. The SMILES string of the molecule is CN(C)CC1CCCN1C(=O)[C@H]1CCCNC1. The monoisotopic (exact) mass is 239 g/mol. The molecule has 2 aliphatic heterocycles. The van der Waals surface area contributed by atoms with E-state index < -0.39 is 0 Å². The van der Waals surface area contributed by atoms with Crippen LogP contribution in [0.4, 0.5) is 0 Å². The van der Waals surface area contributed by atoms with Crippen LogP contribution in [-0.4, -0.2) is 62.0 Å². The van der Waals surface area contributed by atoms with E-state index in [-0.39, 0.29) is 5.92 Å². The van der Waals surface area contributed by atoms with Crippen molar-refractivity contribution in [2.24, 2.45) is 5.92 Å². The number of nitrogens with zero attached hydrogens (tertiary/aromatic N) is 2. The molecule has 17 heavy (non-hydrogen) atoms. The zero-order valence-electron chi connectivity index (χ0n) is 11.1. The van der Waals surface area contributed by atoms with Gasteiger partial charge in [-0.25, -0.2) is 0 Å². The first-order chi connectivity index (χ1) is 8.18. The summed E-state index contributed by atoms with van der Waals surface area (Å²) in [5.41, 5.74) is 0. The number of piperidine rings is 1. The number of rotatable bonds is 3. The van der Waals surface area contributed by atoms with Gasteiger partial charge >= 0.3 is 0 Å². The lowest BCUT2D eigenvalue weighted by atomic mass is 9.98. The van der Waals surface area contributed by atoms with E-state index >= 15 is 0 Å². The van der Waals surface area contributed by atoms with Gasteiger partial charge in [-0.15, -0.1) is 0 Å². The second-order valence-electron chi connectivity index (χ2n) is 5.63. The van der Waals surface area contributed by atoms with E-state index in [0.717, 1.165) is 39.0 Å². The van der Waals surface area contributed by atoms with E-state index in [1.165, 1.54) is 12.8 Å². The topological polar surface area (TPSA) is 35.6 Å². The van der Waals surface area contributed by atoms with Crippen molar-refractivity contribution in [3.63, 3.8) is 0 Å². The van der Waals surface area contributed by atoms with Crippen molar-refractivity contribution in [1.29, 1.82) is 0 Å². The molecule has 2 rings (SSSR count). The Hall–Kier alpha value is -0.610. The van der Waals surface area contributed by atoms with Crippen molar-refractivity contribution in [2.45, 2.75) is 31.7 Å². The minimum Gasteiger partial charge on any atom is -0.338 e. The number of likely N-dealkylation sites (N-methyl/N-ethyl adjacent to an activating group) is 1. The molecule has 2 aliphatic rings. The van der Waals surface area contributed by atoms with Gasteiger partial charge in [-0.3, -0.25) is 4.79 Å². The lowest BCUT2D eigenvalue weighted by molar-refractivity contribution is -0.137. The maximum absolute atomic E-state index is 12.5. The first kappa shape index (κ1) is 12.8. The molecule has 1 amide bonds. The Morgan fingerprint density at radius 3 is 2.82 bits per heavy atom. The van der Waals surface area contributed by atoms with Gasteiger partial charge in [0.2, 0.25) is 5.91 Å². The molecule has 0 aromatic rings. The Kier molecular flexibility index (Phi) is 4.40. The summed E-state index contributed by atoms with van der Waals surface area (Å²) < 4.78 is 0. The van der Waals surface area contributed by atoms with Crippen LogP contribution in [0.5, 0.6) is 0 Å². The molecule has 4 heteroatoms. The number of amides is 1. The summed E-state index contributed by atoms with van der Waals surface area (Å²) in [6, 6.07) is 0.444. The Morgan fingerprint density at radius 1 is 1.35 bits per heavy atom. The number of carbonyl (C=O) groups excluding carboxylic acids is 1. The van der Waals surface area contributed by atoms with E-state index in [0.29, 0.717) is 11.9 Å². The first-order valence-corrected chi connectivity index (χ1v) is 6.84. The Balaban J connectivity index is 1.92. The number of carbonyl (C=O) groups is 1. The van der Waals surface area contributed by atoms with Crippen molar-refractivity contribution in [3.8, 4) is 0 Å². The van der Waals surface area contributed by atoms with Crippen LogP contribution in [0.3, 0.4) is 0 Å². The molecular formula is C13H25N3O. The van der Waals surface area contributed by atoms with Gasteiger partial charge in [-0.05, 0) is 46.3 Å². The molecule has 1 unspecified atom stereocenters. The molecular weight excluding hydrogens is 214 g/mol. The molecule has 0 bridgehead atoms. The molecule has 2 atom stereocenters. The highest BCUT2D eigenvalue weighted by molar-refractivity contribution is 5.79. The Morgan fingerprint density at radius 2 is 2.18 bits per heavy atom. The van der Waals surface area contributed by atoms with Gasteiger partial charge in [0.05, 0.1) is 5.92 Å². The molecule has 0 saturated carbocycles. The van der Waals surface area contributed by atoms with E-state index in [9.17, 15) is 4.79 Å².